The lowest BCUT2D eigenvalue weighted by molar-refractivity contribution is -0.386. The number of hydrogen-bond acceptors (Lipinski definition) is 33. The molecule has 0 aliphatic carbocycles. The van der Waals surface area contributed by atoms with Crippen LogP contribution in [0.15, 0.2) is 178 Å². The number of nitrogens with one attached hydrogen (secondary N) is 12. The van der Waals surface area contributed by atoms with Crippen molar-refractivity contribution in [2.24, 2.45) is 0 Å². The quantitative estimate of drug-likeness (QED) is 0.00680. The van der Waals surface area contributed by atoms with Gasteiger partial charge in [-0.05, 0) is 215 Å². The molecule has 0 aliphatic rings. The summed E-state index contributed by atoms with van der Waals surface area (Å²) in [5.41, 5.74) is 3.83. The molecule has 14 rings (SSSR count). The fourth-order valence-corrected chi connectivity index (χ4v) is 13.9. The van der Waals surface area contributed by atoms with Crippen molar-refractivity contribution in [3.8, 4) is 104 Å². The van der Waals surface area contributed by atoms with E-state index in [1.165, 1.54) is 55.8 Å². The Balaban J connectivity index is 0.000000193. The summed E-state index contributed by atoms with van der Waals surface area (Å²) < 4.78 is 43.9. The largest absolute Gasteiger partial charge is 0.507 e. The highest BCUT2D eigenvalue weighted by Crippen LogP contribution is 2.36. The van der Waals surface area contributed by atoms with Gasteiger partial charge in [0.1, 0.15) is 81.1 Å². The molecule has 14 N–H and O–H groups in total. The van der Waals surface area contributed by atoms with Crippen LogP contribution in [0.1, 0.15) is 122 Å². The third kappa shape index (κ3) is 30.3. The number of carboxylic acid groups (broad SMARTS) is 1. The molecule has 0 saturated carbocycles. The molecule has 0 unspecified atom stereocenters. The van der Waals surface area contributed by atoms with E-state index < -0.39 is 62.2 Å². The van der Waals surface area contributed by atoms with Crippen LogP contribution >= 0.6 is 60.6 Å². The van der Waals surface area contributed by atoms with Gasteiger partial charge >= 0.3 is 22.9 Å². The number of benzene rings is 7. The molecule has 42 nitrogen and oxygen atoms in total. The standard InChI is InChI=1S/C18H13N3OS.C17H15N3O5S.C16H13N7O3S.C16H17N3O6.C16H15N3O3S.C14H11N3O2S/c1-11-4-2-5-12(8-11)13-6-3-7-14(9-13)16-15(10-19)17(22)21-18(23)20-16;1-24-13-5-3-4-10(15(13)25-9-14(21)22)6-7-12-11(8-18)16(23)20-17(19-12)26-2;1-25-12-4-2-3-9(14(12)26-8-13-20-22-23-21-13)5-6-11-10(7-17)15(24)19-16(27)18-11;1-3-24-12-8-6-10(9-13(12)25-4-2)5-7-11-14(19(22)23)15(20)18-16(21)17-11;1-3-22-14-7-5-11(21-2)8-10(14)4-6-13-12(9-17)15(20)19-16(23)18-13;1-8-3-2-4-9(12(8)18)5-6-11-10(7-15)13(19)17-14(20)16-11/h2-9H,1H3,(H2,20,21,22,23);3-7H,9H2,1-2H3,(H,21,22)(H,19,20,23);2-6H,8H2,1H3,(H2,18,19,24,27)(H,20,21,22,23);5-9H,3-4H2,1-2H3,(H2,17,18,20,21);4-8H,3H2,1-2H3,(H2,18,19,20,23);2-6,18H,1H3,(H2,16,17,19,20)/b;7-6+;6-5+;7-5+;6-4+;6-5+. The Bertz CT molecular complexity index is 8210. The molecule has 144 heavy (non-hydrogen) atoms. The summed E-state index contributed by atoms with van der Waals surface area (Å²) >= 11 is 21.0. The van der Waals surface area contributed by atoms with Gasteiger partial charge in [-0.1, -0.05) is 120 Å². The van der Waals surface area contributed by atoms with Gasteiger partial charge in [0, 0.05) is 27.8 Å². The van der Waals surface area contributed by atoms with Crippen LogP contribution in [-0.4, -0.2) is 156 Å². The highest BCUT2D eigenvalue weighted by Gasteiger charge is 2.22. The first-order chi connectivity index (χ1) is 69.3. The predicted molar refractivity (Wildman–Crippen MR) is 547 cm³/mol. The Morgan fingerprint density at radius 1 is 0.465 bits per heavy atom. The Morgan fingerprint density at radius 2 is 0.944 bits per heavy atom. The van der Waals surface area contributed by atoms with Crippen LogP contribution in [0.5, 0.6) is 51.7 Å². The number of phenolic OH excluding ortho intramolecular Hbond substituents is 1. The lowest BCUT2D eigenvalue weighted by atomic mass is 9.99. The highest BCUT2D eigenvalue weighted by molar-refractivity contribution is 7.98. The number of aryl methyl sites for hydroxylation is 2. The molecule has 14 aromatic rings. The van der Waals surface area contributed by atoms with Crippen LogP contribution in [-0.2, 0) is 11.4 Å². The number of ether oxygens (including phenoxy) is 8. The number of nitro groups is 1. The van der Waals surface area contributed by atoms with E-state index >= 15 is 0 Å². The molecule has 0 spiro atoms. The summed E-state index contributed by atoms with van der Waals surface area (Å²) in [6, 6.07) is 51.3. The first-order valence-electron chi connectivity index (χ1n) is 42.0. The molecule has 0 atom stereocenters. The minimum atomic E-state index is -1.13. The van der Waals surface area contributed by atoms with Gasteiger partial charge in [0.15, 0.2) is 72.0 Å². The van der Waals surface area contributed by atoms with E-state index in [4.69, 9.17) is 102 Å². The highest BCUT2D eigenvalue weighted by atomic mass is 32.2. The number of nitriles is 5. The Hall–Kier alpha value is -18.9. The van der Waals surface area contributed by atoms with E-state index in [2.05, 4.69) is 81.5 Å². The number of thioether (sulfide) groups is 1. The van der Waals surface area contributed by atoms with E-state index in [0.717, 1.165) is 27.8 Å². The summed E-state index contributed by atoms with van der Waals surface area (Å²) in [5.74, 6) is 3.41. The maximum Gasteiger partial charge on any atom is 0.357 e. The second kappa shape index (κ2) is 53.7. The minimum Gasteiger partial charge on any atom is -0.507 e. The molecule has 0 amide bonds. The summed E-state index contributed by atoms with van der Waals surface area (Å²) in [7, 11) is 4.53. The Morgan fingerprint density at radius 3 is 1.47 bits per heavy atom. The maximum atomic E-state index is 11.9. The van der Waals surface area contributed by atoms with Gasteiger partial charge in [-0.15, -0.1) is 10.2 Å². The van der Waals surface area contributed by atoms with Crippen LogP contribution in [0.4, 0.5) is 5.69 Å². The van der Waals surface area contributed by atoms with E-state index in [1.54, 1.807) is 148 Å². The average Bonchev–Trinajstić information content (AvgIpc) is 0.813. The number of aromatic nitrogens is 16. The number of nitrogens with zero attached hydrogens (tertiary/aromatic N) is 10. The van der Waals surface area contributed by atoms with Crippen molar-refractivity contribution in [2.75, 3.05) is 54.0 Å². The average molecular weight is 2040 g/mol. The van der Waals surface area contributed by atoms with E-state index in [1.807, 2.05) is 105 Å². The number of phenols is 1. The van der Waals surface area contributed by atoms with Crippen molar-refractivity contribution < 1.29 is 57.8 Å². The molecule has 7 heterocycles. The summed E-state index contributed by atoms with van der Waals surface area (Å²) in [6.07, 6.45) is 17.4. The minimum absolute atomic E-state index is 0.0278. The molecule has 7 aromatic carbocycles. The smallest absolute Gasteiger partial charge is 0.357 e. The van der Waals surface area contributed by atoms with Crippen LogP contribution in [0.3, 0.4) is 0 Å². The van der Waals surface area contributed by atoms with Crippen molar-refractivity contribution in [3.05, 3.63) is 342 Å². The van der Waals surface area contributed by atoms with E-state index in [0.29, 0.717) is 110 Å². The lowest BCUT2D eigenvalue weighted by Crippen LogP contribution is -2.25. The van der Waals surface area contributed by atoms with Gasteiger partial charge < -0.3 is 78.0 Å². The number of para-hydroxylation sites is 3. The molecule has 732 valence electrons. The number of carboxylic acids is 1. The zero-order valence-electron chi connectivity index (χ0n) is 77.3. The fourth-order valence-electron chi connectivity index (χ4n) is 12.7. The Labute approximate surface area is 839 Å². The van der Waals surface area contributed by atoms with Crippen molar-refractivity contribution in [1.29, 1.82) is 26.3 Å². The predicted octanol–water partition coefficient (Wildman–Crippen LogP) is 14.8. The van der Waals surface area contributed by atoms with Crippen molar-refractivity contribution in [1.82, 2.24) is 80.4 Å². The van der Waals surface area contributed by atoms with Crippen molar-refractivity contribution in [3.63, 3.8) is 0 Å². The molecule has 0 saturated heterocycles. The number of rotatable bonds is 29. The van der Waals surface area contributed by atoms with Gasteiger partial charge in [-0.2, -0.15) is 31.5 Å². The first kappa shape index (κ1) is 109. The number of aromatic amines is 12. The number of aliphatic carboxylic acids is 1. The zero-order chi connectivity index (χ0) is 105. The summed E-state index contributed by atoms with van der Waals surface area (Å²) in [5, 5.41) is 89.3. The lowest BCUT2D eigenvalue weighted by Gasteiger charge is -2.12. The maximum absolute atomic E-state index is 11.9. The number of aromatic hydroxyl groups is 1. The second-order valence-corrected chi connectivity index (χ2v) is 31.1. The first-order valence-corrected chi connectivity index (χ1v) is 44.9. The van der Waals surface area contributed by atoms with Gasteiger partial charge in [-0.3, -0.25) is 63.8 Å². The van der Waals surface area contributed by atoms with Crippen LogP contribution in [0.25, 0.3) is 83.1 Å². The monoisotopic (exact) mass is 2040 g/mol. The number of methoxy groups -OCH3 is 3. The van der Waals surface area contributed by atoms with Gasteiger partial charge in [0.25, 0.3) is 27.8 Å². The Kier molecular flexibility index (Phi) is 40.6. The molecule has 7 aromatic heterocycles. The molecule has 0 bridgehead atoms. The third-order valence-electron chi connectivity index (χ3n) is 19.2. The second-order valence-electron chi connectivity index (χ2n) is 28.7. The SMILES string of the molecule is CCOc1ccc(/C=C/c2[nH]c(=O)[nH]c(=O)c2[N+](=O)[O-])cc1OCC.CCOc1ccc(OC)cc1/C=C/c1[nH]c(=S)[nH]c(=O)c1C#N.COc1cccc(/C=C/c2[nH]c(=S)[nH]c(=O)c2C#N)c1OCc1nn[nH]n1.COc1cccc(/C=C/c2nc(SC)[nH]c(=O)c2C#N)c1OCC(=O)O.Cc1cccc(-c2cccc(-c3[nH]c(=S)[nH]c(=O)c3C#N)c2)c1.Cc1cccc(/C=C/c2[nH]c(=S)[nH]c(=O)c2C#N)c1O. The number of H-pyrrole nitrogens is 12. The van der Waals surface area contributed by atoms with Crippen LogP contribution in [0, 0.1) is 99.7 Å². The number of carbonyl (C=O) groups is 1. The molecule has 0 fully saturated rings. The van der Waals surface area contributed by atoms with Crippen molar-refractivity contribution in [2.45, 2.75) is 46.4 Å². The normalized spacial score (nSPS) is 10.6. The van der Waals surface area contributed by atoms with Gasteiger partial charge in [0.2, 0.25) is 5.82 Å². The summed E-state index contributed by atoms with van der Waals surface area (Å²) in [6.45, 7) is 10.4. The third-order valence-corrected chi connectivity index (χ3v) is 20.6. The van der Waals surface area contributed by atoms with Crippen LogP contribution in [0.2, 0.25) is 0 Å². The topological polar surface area (TPSA) is 654 Å². The van der Waals surface area contributed by atoms with E-state index in [9.17, 15) is 69.4 Å². The van der Waals surface area contributed by atoms with Crippen LogP contribution < -0.4 is 76.9 Å². The zero-order valence-corrected chi connectivity index (χ0v) is 81.4. The van der Waals surface area contributed by atoms with Gasteiger partial charge in [-0.25, -0.2) is 14.6 Å². The van der Waals surface area contributed by atoms with E-state index in [-0.39, 0.29) is 82.1 Å². The number of tetrazole rings is 1. The number of hydrogen-bond donors (Lipinski definition) is 14. The fraction of sp³-hybridized carbons (Fsp3) is 0.144. The molecular formula is C97H84N22O20S5. The summed E-state index contributed by atoms with van der Waals surface area (Å²) in [4.78, 5) is 134. The molecular weight excluding hydrogens is 1950 g/mol. The molecule has 0 radical (unpaired) electrons. The van der Waals surface area contributed by atoms with Gasteiger partial charge in [0.05, 0.1) is 74.5 Å². The molecule has 0 aliphatic heterocycles. The van der Waals surface area contributed by atoms with Crippen molar-refractivity contribution >= 4 is 133 Å². The molecule has 47 heteroatoms.